The van der Waals surface area contributed by atoms with E-state index in [0.29, 0.717) is 25.7 Å². The summed E-state index contributed by atoms with van der Waals surface area (Å²) in [5.41, 5.74) is 0. The van der Waals surface area contributed by atoms with E-state index in [2.05, 4.69) is 41.5 Å². The monoisotopic (exact) mass is 1410 g/mol. The molecule has 96 heavy (non-hydrogen) atoms. The Morgan fingerprint density at radius 3 is 0.708 bits per heavy atom. The fourth-order valence-corrected chi connectivity index (χ4v) is 13.4. The third-order valence-electron chi connectivity index (χ3n) is 18.0. The predicted octanol–water partition coefficient (Wildman–Crippen LogP) is 22.7. The third kappa shape index (κ3) is 70.5. The Labute approximate surface area is 588 Å². The van der Waals surface area contributed by atoms with Crippen molar-refractivity contribution in [1.82, 2.24) is 0 Å². The number of phosphoric ester groups is 2. The number of unbranched alkanes of at least 4 members (excludes halogenated alkanes) is 46. The largest absolute Gasteiger partial charge is 0.472 e. The van der Waals surface area contributed by atoms with Crippen molar-refractivity contribution in [2.75, 3.05) is 39.6 Å². The summed E-state index contributed by atoms with van der Waals surface area (Å²) in [6.07, 6.45) is 56.7. The SMILES string of the molecule is CCCCCCCCCCCCCCC(=O)O[C@H](COC(=O)CCCCCCCCCCCC)COP(=O)(O)OC[C@H](O)COP(=O)(O)OC[C@@H](COC(=O)CCCCCCCCCCCCCCCC(C)C)OC(=O)CCCCCCCCCCCCCCCCCC(C)C. The molecule has 0 heterocycles. The van der Waals surface area contributed by atoms with Crippen LogP contribution in [0.5, 0.6) is 0 Å². The fraction of sp³-hybridized carbons (Fsp3) is 0.948. The van der Waals surface area contributed by atoms with Gasteiger partial charge in [-0.3, -0.25) is 37.3 Å². The molecule has 0 aliphatic carbocycles. The lowest BCUT2D eigenvalue weighted by molar-refractivity contribution is -0.161. The highest BCUT2D eigenvalue weighted by Gasteiger charge is 2.30. The molecule has 0 spiro atoms. The Kier molecular flexibility index (Phi) is 67.4. The van der Waals surface area contributed by atoms with Crippen molar-refractivity contribution >= 4 is 39.5 Å². The topological polar surface area (TPSA) is 237 Å². The molecule has 19 heteroatoms. The number of rotatable bonds is 76. The van der Waals surface area contributed by atoms with Crippen LogP contribution in [0.15, 0.2) is 0 Å². The summed E-state index contributed by atoms with van der Waals surface area (Å²) in [7, 11) is -9.91. The quantitative estimate of drug-likeness (QED) is 0.0222. The molecule has 0 aliphatic heterocycles. The van der Waals surface area contributed by atoms with Crippen molar-refractivity contribution < 1.29 is 80.2 Å². The number of ether oxygens (including phenoxy) is 4. The van der Waals surface area contributed by atoms with Gasteiger partial charge in [-0.1, -0.05) is 350 Å². The van der Waals surface area contributed by atoms with Crippen molar-refractivity contribution in [2.45, 2.75) is 419 Å². The highest BCUT2D eigenvalue weighted by molar-refractivity contribution is 7.47. The lowest BCUT2D eigenvalue weighted by Crippen LogP contribution is -2.30. The van der Waals surface area contributed by atoms with Crippen LogP contribution >= 0.6 is 15.6 Å². The van der Waals surface area contributed by atoms with Gasteiger partial charge in [0.05, 0.1) is 26.4 Å². The van der Waals surface area contributed by atoms with Crippen LogP contribution in [0.2, 0.25) is 0 Å². The molecular formula is C77H150O17P2. The van der Waals surface area contributed by atoms with Gasteiger partial charge in [0.15, 0.2) is 12.2 Å². The summed E-state index contributed by atoms with van der Waals surface area (Å²) in [4.78, 5) is 72.8. The molecular weight excluding hydrogens is 1260 g/mol. The van der Waals surface area contributed by atoms with Crippen LogP contribution in [0.3, 0.4) is 0 Å². The van der Waals surface area contributed by atoms with Gasteiger partial charge in [0.25, 0.3) is 0 Å². The van der Waals surface area contributed by atoms with E-state index in [9.17, 15) is 43.2 Å². The first-order valence-corrected chi connectivity index (χ1v) is 43.0. The molecule has 5 atom stereocenters. The molecule has 17 nitrogen and oxygen atoms in total. The molecule has 0 amide bonds. The average molecular weight is 1410 g/mol. The molecule has 0 saturated heterocycles. The van der Waals surface area contributed by atoms with Crippen LogP contribution < -0.4 is 0 Å². The Hall–Kier alpha value is -1.94. The minimum absolute atomic E-state index is 0.108. The second kappa shape index (κ2) is 68.8. The number of aliphatic hydroxyl groups excluding tert-OH is 1. The Bertz CT molecular complexity index is 1860. The van der Waals surface area contributed by atoms with Gasteiger partial charge in [0.1, 0.15) is 19.3 Å². The van der Waals surface area contributed by atoms with E-state index in [0.717, 1.165) is 102 Å². The molecule has 0 bridgehead atoms. The third-order valence-corrected chi connectivity index (χ3v) is 19.9. The zero-order valence-corrected chi connectivity index (χ0v) is 64.5. The van der Waals surface area contributed by atoms with Gasteiger partial charge in [0.2, 0.25) is 0 Å². The minimum Gasteiger partial charge on any atom is -0.462 e. The first kappa shape index (κ1) is 94.1. The van der Waals surface area contributed by atoms with Crippen LogP contribution in [0.25, 0.3) is 0 Å². The summed E-state index contributed by atoms with van der Waals surface area (Å²) >= 11 is 0. The number of carbonyl (C=O) groups is 4. The molecule has 0 rings (SSSR count). The molecule has 0 fully saturated rings. The van der Waals surface area contributed by atoms with Gasteiger partial charge < -0.3 is 33.8 Å². The van der Waals surface area contributed by atoms with Crippen LogP contribution in [0, 0.1) is 11.8 Å². The van der Waals surface area contributed by atoms with Gasteiger partial charge in [0, 0.05) is 25.7 Å². The number of hydrogen-bond acceptors (Lipinski definition) is 15. The van der Waals surface area contributed by atoms with Crippen molar-refractivity contribution in [3.63, 3.8) is 0 Å². The maximum atomic E-state index is 13.1. The summed E-state index contributed by atoms with van der Waals surface area (Å²) in [6.45, 7) is 9.64. The summed E-state index contributed by atoms with van der Waals surface area (Å²) < 4.78 is 68.6. The Morgan fingerprint density at radius 1 is 0.281 bits per heavy atom. The summed E-state index contributed by atoms with van der Waals surface area (Å²) in [5, 5.41) is 10.6. The summed E-state index contributed by atoms with van der Waals surface area (Å²) in [6, 6.07) is 0. The average Bonchev–Trinajstić information content (AvgIpc) is 1.18. The number of carbonyl (C=O) groups excluding carboxylic acids is 4. The molecule has 0 aromatic heterocycles. The molecule has 0 aromatic carbocycles. The molecule has 0 saturated carbocycles. The van der Waals surface area contributed by atoms with Crippen LogP contribution in [-0.4, -0.2) is 96.7 Å². The van der Waals surface area contributed by atoms with Gasteiger partial charge in [-0.15, -0.1) is 0 Å². The van der Waals surface area contributed by atoms with Crippen molar-refractivity contribution in [2.24, 2.45) is 11.8 Å². The lowest BCUT2D eigenvalue weighted by atomic mass is 10.0. The van der Waals surface area contributed by atoms with Crippen LogP contribution in [0.4, 0.5) is 0 Å². The highest BCUT2D eigenvalue weighted by atomic mass is 31.2. The number of aliphatic hydroxyl groups is 1. The zero-order valence-electron chi connectivity index (χ0n) is 62.7. The molecule has 570 valence electrons. The van der Waals surface area contributed by atoms with E-state index in [1.54, 1.807) is 0 Å². The highest BCUT2D eigenvalue weighted by Crippen LogP contribution is 2.45. The molecule has 2 unspecified atom stereocenters. The van der Waals surface area contributed by atoms with Gasteiger partial charge >= 0.3 is 39.5 Å². The summed E-state index contributed by atoms with van der Waals surface area (Å²) in [5.74, 6) is -0.519. The van der Waals surface area contributed by atoms with Crippen molar-refractivity contribution in [3.8, 4) is 0 Å². The number of phosphoric acid groups is 2. The van der Waals surface area contributed by atoms with Gasteiger partial charge in [-0.2, -0.15) is 0 Å². The molecule has 0 aromatic rings. The Balaban J connectivity index is 5.24. The molecule has 0 aliphatic rings. The predicted molar refractivity (Wildman–Crippen MR) is 391 cm³/mol. The van der Waals surface area contributed by atoms with Crippen LogP contribution in [-0.2, 0) is 65.4 Å². The van der Waals surface area contributed by atoms with Crippen molar-refractivity contribution in [1.29, 1.82) is 0 Å². The second-order valence-corrected chi connectivity index (χ2v) is 31.6. The van der Waals surface area contributed by atoms with E-state index in [-0.39, 0.29) is 25.7 Å². The van der Waals surface area contributed by atoms with Crippen molar-refractivity contribution in [3.05, 3.63) is 0 Å². The van der Waals surface area contributed by atoms with E-state index in [1.807, 2.05) is 0 Å². The fourth-order valence-electron chi connectivity index (χ4n) is 11.8. The normalized spacial score (nSPS) is 14.0. The van der Waals surface area contributed by atoms with Crippen LogP contribution in [0.1, 0.15) is 401 Å². The maximum Gasteiger partial charge on any atom is 0.472 e. The first-order chi connectivity index (χ1) is 46.4. The zero-order chi connectivity index (χ0) is 70.7. The maximum absolute atomic E-state index is 13.1. The van der Waals surface area contributed by atoms with Gasteiger partial charge in [-0.05, 0) is 37.5 Å². The van der Waals surface area contributed by atoms with E-state index in [1.165, 1.54) is 218 Å². The standard InChI is InChI=1S/C77H150O17P2/c1-7-9-11-13-15-17-19-30-37-43-49-55-61-76(81)93-72(65-87-74(79)59-53-47-41-35-18-16-14-12-10-8-2)67-91-95(83,84)89-63-71(78)64-90-96(85,86)92-68-73(66-88-75(80)60-54-48-42-36-31-27-23-25-29-34-40-46-52-58-70(5)6)94-77(82)62-56-50-44-38-32-26-22-20-21-24-28-33-39-45-51-57-69(3)4/h69-73,78H,7-68H2,1-6H3,(H,83,84)(H,85,86)/t71-,72+,73+/m0/s1. The smallest absolute Gasteiger partial charge is 0.462 e. The van der Waals surface area contributed by atoms with E-state index < -0.39 is 97.5 Å². The lowest BCUT2D eigenvalue weighted by Gasteiger charge is -2.21. The first-order valence-electron chi connectivity index (χ1n) is 40.0. The molecule has 0 radical (unpaired) electrons. The number of esters is 4. The molecule has 3 N–H and O–H groups in total. The number of hydrogen-bond donors (Lipinski definition) is 3. The van der Waals surface area contributed by atoms with E-state index in [4.69, 9.17) is 37.0 Å². The van der Waals surface area contributed by atoms with E-state index >= 15 is 0 Å². The van der Waals surface area contributed by atoms with Gasteiger partial charge in [-0.25, -0.2) is 9.13 Å². The minimum atomic E-state index is -4.96. The Morgan fingerprint density at radius 2 is 0.479 bits per heavy atom. The second-order valence-electron chi connectivity index (χ2n) is 28.7.